The van der Waals surface area contributed by atoms with E-state index in [2.05, 4.69) is 17.1 Å². The van der Waals surface area contributed by atoms with E-state index in [-0.39, 0.29) is 5.76 Å². The van der Waals surface area contributed by atoms with Gasteiger partial charge in [-0.2, -0.15) is 0 Å². The molecule has 0 radical (unpaired) electrons. The van der Waals surface area contributed by atoms with E-state index in [1.807, 2.05) is 14.1 Å². The average Bonchev–Trinajstić information content (AvgIpc) is 2.61. The van der Waals surface area contributed by atoms with Gasteiger partial charge in [0.25, 0.3) is 0 Å². The number of rotatable bonds is 6. The standard InChI is InChI=1S/C11H18N2O3/c1-8(7-13(2)3)12-6-9-4-5-10(16-9)11(14)15/h4-5,8,12H,6-7H2,1-3H3,(H,14,15). The first-order chi connectivity index (χ1) is 7.49. The molecule has 1 aromatic heterocycles. The minimum atomic E-state index is -1.03. The van der Waals surface area contributed by atoms with E-state index in [0.717, 1.165) is 6.54 Å². The molecule has 5 heteroatoms. The molecule has 0 aliphatic heterocycles. The van der Waals surface area contributed by atoms with Crippen LogP contribution in [0.5, 0.6) is 0 Å². The molecule has 1 rings (SSSR count). The Morgan fingerprint density at radius 1 is 1.56 bits per heavy atom. The number of carbonyl (C=O) groups is 1. The summed E-state index contributed by atoms with van der Waals surface area (Å²) in [6.07, 6.45) is 0. The van der Waals surface area contributed by atoms with Gasteiger partial charge >= 0.3 is 5.97 Å². The van der Waals surface area contributed by atoms with Crippen LogP contribution in [0.25, 0.3) is 0 Å². The van der Waals surface area contributed by atoms with Crippen molar-refractivity contribution in [2.75, 3.05) is 20.6 Å². The first kappa shape index (κ1) is 12.7. The van der Waals surface area contributed by atoms with Gasteiger partial charge in [0.15, 0.2) is 0 Å². The predicted octanol–water partition coefficient (Wildman–Crippen LogP) is 1.02. The van der Waals surface area contributed by atoms with Crippen LogP contribution in [0.4, 0.5) is 0 Å². The van der Waals surface area contributed by atoms with Crippen molar-refractivity contribution in [2.24, 2.45) is 0 Å². The van der Waals surface area contributed by atoms with Gasteiger partial charge in [0, 0.05) is 12.6 Å². The molecule has 5 nitrogen and oxygen atoms in total. The lowest BCUT2D eigenvalue weighted by Crippen LogP contribution is -2.35. The first-order valence-corrected chi connectivity index (χ1v) is 5.19. The summed E-state index contributed by atoms with van der Waals surface area (Å²) in [6, 6.07) is 3.47. The maximum absolute atomic E-state index is 10.6. The topological polar surface area (TPSA) is 65.7 Å². The van der Waals surface area contributed by atoms with Crippen molar-refractivity contribution in [3.05, 3.63) is 23.7 Å². The summed E-state index contributed by atoms with van der Waals surface area (Å²) in [6.45, 7) is 3.54. The maximum Gasteiger partial charge on any atom is 0.371 e. The fraction of sp³-hybridized carbons (Fsp3) is 0.545. The summed E-state index contributed by atoms with van der Waals surface area (Å²) >= 11 is 0. The van der Waals surface area contributed by atoms with Crippen molar-refractivity contribution in [1.29, 1.82) is 0 Å². The lowest BCUT2D eigenvalue weighted by molar-refractivity contribution is 0.0660. The zero-order valence-electron chi connectivity index (χ0n) is 9.86. The number of nitrogens with zero attached hydrogens (tertiary/aromatic N) is 1. The largest absolute Gasteiger partial charge is 0.475 e. The molecule has 1 heterocycles. The third-order valence-electron chi connectivity index (χ3n) is 2.14. The smallest absolute Gasteiger partial charge is 0.371 e. The van der Waals surface area contributed by atoms with Crippen LogP contribution in [0, 0.1) is 0 Å². The number of hydrogen-bond donors (Lipinski definition) is 2. The Morgan fingerprint density at radius 2 is 2.25 bits per heavy atom. The maximum atomic E-state index is 10.6. The highest BCUT2D eigenvalue weighted by Gasteiger charge is 2.09. The van der Waals surface area contributed by atoms with Gasteiger partial charge in [-0.05, 0) is 33.2 Å². The van der Waals surface area contributed by atoms with E-state index in [4.69, 9.17) is 9.52 Å². The highest BCUT2D eigenvalue weighted by atomic mass is 16.4. The lowest BCUT2D eigenvalue weighted by atomic mass is 10.3. The first-order valence-electron chi connectivity index (χ1n) is 5.19. The summed E-state index contributed by atoms with van der Waals surface area (Å²) in [5, 5.41) is 11.9. The van der Waals surface area contributed by atoms with E-state index in [0.29, 0.717) is 18.3 Å². The third-order valence-corrected chi connectivity index (χ3v) is 2.14. The van der Waals surface area contributed by atoms with Crippen molar-refractivity contribution in [3.63, 3.8) is 0 Å². The van der Waals surface area contributed by atoms with Crippen molar-refractivity contribution < 1.29 is 14.3 Å². The molecule has 90 valence electrons. The number of likely N-dealkylation sites (N-methyl/N-ethyl adjacent to an activating group) is 1. The van der Waals surface area contributed by atoms with Gasteiger partial charge in [-0.15, -0.1) is 0 Å². The van der Waals surface area contributed by atoms with Crippen molar-refractivity contribution in [2.45, 2.75) is 19.5 Å². The monoisotopic (exact) mass is 226 g/mol. The molecule has 0 saturated carbocycles. The quantitative estimate of drug-likeness (QED) is 0.758. The van der Waals surface area contributed by atoms with Crippen LogP contribution >= 0.6 is 0 Å². The molecule has 0 bridgehead atoms. The summed E-state index contributed by atoms with van der Waals surface area (Å²) in [7, 11) is 4.02. The van der Waals surface area contributed by atoms with Gasteiger partial charge in [0.1, 0.15) is 5.76 Å². The zero-order chi connectivity index (χ0) is 12.1. The Hall–Kier alpha value is -1.33. The van der Waals surface area contributed by atoms with Crippen molar-refractivity contribution in [1.82, 2.24) is 10.2 Å². The number of carboxylic acids is 1. The molecule has 1 atom stereocenters. The second-order valence-corrected chi connectivity index (χ2v) is 4.12. The number of nitrogens with one attached hydrogen (secondary N) is 1. The molecule has 0 spiro atoms. The average molecular weight is 226 g/mol. The molecular formula is C11H18N2O3. The van der Waals surface area contributed by atoms with Crippen LogP contribution in [-0.2, 0) is 6.54 Å². The van der Waals surface area contributed by atoms with Crippen LogP contribution in [0.2, 0.25) is 0 Å². The Morgan fingerprint density at radius 3 is 2.75 bits per heavy atom. The third kappa shape index (κ3) is 4.04. The number of furan rings is 1. The fourth-order valence-electron chi connectivity index (χ4n) is 1.47. The van der Waals surface area contributed by atoms with Gasteiger partial charge in [-0.25, -0.2) is 4.79 Å². The fourth-order valence-corrected chi connectivity index (χ4v) is 1.47. The van der Waals surface area contributed by atoms with Crippen LogP contribution in [0.15, 0.2) is 16.5 Å². The van der Waals surface area contributed by atoms with Crippen LogP contribution in [0.3, 0.4) is 0 Å². The molecule has 0 aliphatic rings. The minimum Gasteiger partial charge on any atom is -0.475 e. The zero-order valence-corrected chi connectivity index (χ0v) is 9.86. The Kier molecular flexibility index (Phi) is 4.52. The number of aromatic carboxylic acids is 1. The van der Waals surface area contributed by atoms with Crippen LogP contribution in [-0.4, -0.2) is 42.7 Å². The SMILES string of the molecule is CC(CN(C)C)NCc1ccc(C(=O)O)o1. The Bertz CT molecular complexity index is 347. The molecule has 16 heavy (non-hydrogen) atoms. The highest BCUT2D eigenvalue weighted by Crippen LogP contribution is 2.07. The Balaban J connectivity index is 2.39. The van der Waals surface area contributed by atoms with Crippen LogP contribution < -0.4 is 5.32 Å². The summed E-state index contributed by atoms with van der Waals surface area (Å²) in [4.78, 5) is 12.7. The van der Waals surface area contributed by atoms with E-state index in [1.54, 1.807) is 6.07 Å². The van der Waals surface area contributed by atoms with Gasteiger partial charge < -0.3 is 19.7 Å². The van der Waals surface area contributed by atoms with Crippen molar-refractivity contribution in [3.8, 4) is 0 Å². The number of hydrogen-bond acceptors (Lipinski definition) is 4. The van der Waals surface area contributed by atoms with E-state index in [9.17, 15) is 4.79 Å². The van der Waals surface area contributed by atoms with Crippen molar-refractivity contribution >= 4 is 5.97 Å². The molecule has 0 amide bonds. The highest BCUT2D eigenvalue weighted by molar-refractivity contribution is 5.84. The molecule has 2 N–H and O–H groups in total. The number of carboxylic acid groups (broad SMARTS) is 1. The predicted molar refractivity (Wildman–Crippen MR) is 60.5 cm³/mol. The molecule has 1 unspecified atom stereocenters. The van der Waals surface area contributed by atoms with Gasteiger partial charge in [-0.1, -0.05) is 0 Å². The summed E-state index contributed by atoms with van der Waals surface area (Å²) < 4.78 is 5.12. The second-order valence-electron chi connectivity index (χ2n) is 4.12. The van der Waals surface area contributed by atoms with Gasteiger partial charge in [-0.3, -0.25) is 0 Å². The molecule has 1 aromatic rings. The molecular weight excluding hydrogens is 208 g/mol. The molecule has 0 saturated heterocycles. The van der Waals surface area contributed by atoms with Gasteiger partial charge in [0.05, 0.1) is 6.54 Å². The van der Waals surface area contributed by atoms with Crippen LogP contribution in [0.1, 0.15) is 23.2 Å². The Labute approximate surface area is 95.0 Å². The molecule has 0 aliphatic carbocycles. The minimum absolute atomic E-state index is 0.0166. The van der Waals surface area contributed by atoms with E-state index < -0.39 is 5.97 Å². The second kappa shape index (κ2) is 5.67. The molecule has 0 fully saturated rings. The van der Waals surface area contributed by atoms with E-state index in [1.165, 1.54) is 6.07 Å². The van der Waals surface area contributed by atoms with Gasteiger partial charge in [0.2, 0.25) is 5.76 Å². The van der Waals surface area contributed by atoms with E-state index >= 15 is 0 Å². The summed E-state index contributed by atoms with van der Waals surface area (Å²) in [5.41, 5.74) is 0. The molecule has 0 aromatic carbocycles. The summed E-state index contributed by atoms with van der Waals surface area (Å²) in [5.74, 6) is -0.410. The lowest BCUT2D eigenvalue weighted by Gasteiger charge is -2.17. The normalized spacial score (nSPS) is 13.0.